The summed E-state index contributed by atoms with van der Waals surface area (Å²) in [7, 11) is 2.06. The predicted octanol–water partition coefficient (Wildman–Crippen LogP) is 4.65. The topological polar surface area (TPSA) is 93.2 Å². The summed E-state index contributed by atoms with van der Waals surface area (Å²) in [5, 5.41) is 3.31. The minimum absolute atomic E-state index is 0.0718. The molecule has 0 aliphatic carbocycles. The molecule has 1 aliphatic heterocycles. The number of amides is 1. The first-order valence-corrected chi connectivity index (χ1v) is 12.6. The van der Waals surface area contributed by atoms with Crippen LogP contribution in [-0.4, -0.2) is 39.7 Å². The number of fused-ring (bicyclic) bond motifs is 1. The summed E-state index contributed by atoms with van der Waals surface area (Å²) in [6.07, 6.45) is 1.63. The number of primary amides is 1. The van der Waals surface area contributed by atoms with E-state index in [4.69, 9.17) is 5.73 Å². The van der Waals surface area contributed by atoms with E-state index in [1.165, 1.54) is 0 Å². The second-order valence-electron chi connectivity index (χ2n) is 9.61. The lowest BCUT2D eigenvalue weighted by Crippen LogP contribution is -2.21. The van der Waals surface area contributed by atoms with Crippen LogP contribution < -0.4 is 11.1 Å². The maximum Gasteiger partial charge on any atom is 0.248 e. The van der Waals surface area contributed by atoms with Crippen molar-refractivity contribution in [1.29, 1.82) is 0 Å². The van der Waals surface area contributed by atoms with Crippen molar-refractivity contribution in [3.8, 4) is 16.8 Å². The molecule has 1 aliphatic rings. The Morgan fingerprint density at radius 1 is 1.16 bits per heavy atom. The third-order valence-corrected chi connectivity index (χ3v) is 7.11. The summed E-state index contributed by atoms with van der Waals surface area (Å²) >= 11 is 0. The number of hydrogen-bond acceptors (Lipinski definition) is 5. The number of rotatable bonds is 7. The predicted molar refractivity (Wildman–Crippen MR) is 144 cm³/mol. The van der Waals surface area contributed by atoms with Gasteiger partial charge < -0.3 is 16.0 Å². The van der Waals surface area contributed by atoms with Gasteiger partial charge in [0.15, 0.2) is 5.78 Å². The minimum Gasteiger partial charge on any atom is -0.366 e. The molecular formula is C30H30FN5O2. The smallest absolute Gasteiger partial charge is 0.248 e. The van der Waals surface area contributed by atoms with E-state index in [1.54, 1.807) is 47.3 Å². The first-order valence-electron chi connectivity index (χ1n) is 12.6. The molecule has 5 rings (SSSR count). The fourth-order valence-electron chi connectivity index (χ4n) is 4.93. The Balaban J connectivity index is 1.42. The van der Waals surface area contributed by atoms with Crippen molar-refractivity contribution in [1.82, 2.24) is 19.8 Å². The van der Waals surface area contributed by atoms with Gasteiger partial charge in [-0.1, -0.05) is 49.4 Å². The minimum atomic E-state index is -0.551. The Bertz CT molecular complexity index is 1510. The van der Waals surface area contributed by atoms with Gasteiger partial charge in [0.1, 0.15) is 17.8 Å². The van der Waals surface area contributed by atoms with Crippen LogP contribution in [0.1, 0.15) is 57.1 Å². The molecule has 8 heteroatoms. The van der Waals surface area contributed by atoms with Crippen molar-refractivity contribution in [2.45, 2.75) is 32.5 Å². The van der Waals surface area contributed by atoms with Gasteiger partial charge in [-0.15, -0.1) is 0 Å². The molecule has 1 atom stereocenters. The molecule has 0 fully saturated rings. The van der Waals surface area contributed by atoms with E-state index < -0.39 is 11.9 Å². The number of ketones is 1. The quantitative estimate of drug-likeness (QED) is 0.377. The highest BCUT2D eigenvalue weighted by Crippen LogP contribution is 2.32. The average molecular weight is 512 g/mol. The Hall–Kier alpha value is -4.14. The van der Waals surface area contributed by atoms with E-state index >= 15 is 4.39 Å². The van der Waals surface area contributed by atoms with Crippen molar-refractivity contribution < 1.29 is 14.0 Å². The van der Waals surface area contributed by atoms with Crippen LogP contribution in [-0.2, 0) is 13.1 Å². The van der Waals surface area contributed by atoms with Crippen molar-refractivity contribution in [2.75, 3.05) is 13.6 Å². The van der Waals surface area contributed by atoms with Crippen LogP contribution in [0.25, 0.3) is 16.8 Å². The zero-order valence-corrected chi connectivity index (χ0v) is 21.4. The lowest BCUT2D eigenvalue weighted by atomic mass is 9.95. The van der Waals surface area contributed by atoms with Gasteiger partial charge in [-0.05, 0) is 54.5 Å². The number of carbonyl (C=O) groups is 2. The molecule has 1 aromatic heterocycles. The fourth-order valence-corrected chi connectivity index (χ4v) is 4.93. The molecule has 1 amide bonds. The van der Waals surface area contributed by atoms with Crippen LogP contribution >= 0.6 is 0 Å². The number of nitrogens with one attached hydrogen (secondary N) is 1. The number of aromatic nitrogens is 2. The number of nitrogens with zero attached hydrogens (tertiary/aromatic N) is 3. The number of benzene rings is 3. The SMILES string of the molecule is CCN(C)Cc1ccccc1-c1ccc(C2CC(=O)c3c(ncn3-c3cccc(C(N)=O)c3)CN2)c(F)c1. The third kappa shape index (κ3) is 5.01. The van der Waals surface area contributed by atoms with Crippen LogP contribution in [0.4, 0.5) is 4.39 Å². The van der Waals surface area contributed by atoms with E-state index in [9.17, 15) is 9.59 Å². The summed E-state index contributed by atoms with van der Waals surface area (Å²) in [4.78, 5) is 31.7. The van der Waals surface area contributed by atoms with Gasteiger partial charge >= 0.3 is 0 Å². The molecule has 4 aromatic rings. The third-order valence-electron chi connectivity index (χ3n) is 7.11. The molecule has 0 bridgehead atoms. The van der Waals surface area contributed by atoms with Crippen molar-refractivity contribution in [3.05, 3.63) is 107 Å². The Labute approximate surface area is 221 Å². The van der Waals surface area contributed by atoms with Gasteiger partial charge in [0.05, 0.1) is 5.69 Å². The Kier molecular flexibility index (Phi) is 7.18. The summed E-state index contributed by atoms with van der Waals surface area (Å²) in [6, 6.07) is 19.5. The first kappa shape index (κ1) is 25.5. The molecule has 0 saturated carbocycles. The number of imidazole rings is 1. The van der Waals surface area contributed by atoms with E-state index in [0.29, 0.717) is 34.7 Å². The molecule has 38 heavy (non-hydrogen) atoms. The highest BCUT2D eigenvalue weighted by atomic mass is 19.1. The van der Waals surface area contributed by atoms with Crippen molar-refractivity contribution >= 4 is 11.7 Å². The van der Waals surface area contributed by atoms with Gasteiger partial charge in [-0.2, -0.15) is 0 Å². The van der Waals surface area contributed by atoms with Gasteiger partial charge in [-0.25, -0.2) is 9.37 Å². The molecule has 0 spiro atoms. The highest BCUT2D eigenvalue weighted by molar-refractivity contribution is 5.97. The van der Waals surface area contributed by atoms with Crippen molar-refractivity contribution in [2.24, 2.45) is 5.73 Å². The molecule has 3 aromatic carbocycles. The van der Waals surface area contributed by atoms with E-state index in [0.717, 1.165) is 29.8 Å². The van der Waals surface area contributed by atoms with Crippen molar-refractivity contribution in [3.63, 3.8) is 0 Å². The van der Waals surface area contributed by atoms with Gasteiger partial charge in [0, 0.05) is 42.4 Å². The Morgan fingerprint density at radius 3 is 2.74 bits per heavy atom. The lowest BCUT2D eigenvalue weighted by Gasteiger charge is -2.19. The average Bonchev–Trinajstić information content (AvgIpc) is 3.28. The zero-order valence-electron chi connectivity index (χ0n) is 21.4. The molecule has 0 saturated heterocycles. The maximum atomic E-state index is 15.5. The van der Waals surface area contributed by atoms with E-state index in [2.05, 4.69) is 35.2 Å². The maximum absolute atomic E-state index is 15.5. The van der Waals surface area contributed by atoms with Gasteiger partial charge in [0.2, 0.25) is 5.91 Å². The number of nitrogens with two attached hydrogens (primary N) is 1. The summed E-state index contributed by atoms with van der Waals surface area (Å²) in [5.74, 6) is -1.07. The molecule has 194 valence electrons. The zero-order chi connectivity index (χ0) is 26.8. The van der Waals surface area contributed by atoms with Gasteiger partial charge in [-0.3, -0.25) is 14.2 Å². The standard InChI is InChI=1S/C30H30FN5O2/c1-3-35(2)17-21-7-4-5-10-23(21)19-11-12-24(25(31)14-19)26-15-28(37)29-27(16-33-26)34-18-36(29)22-9-6-8-20(13-22)30(32)38/h4-14,18,26,33H,3,15-17H2,1-2H3,(H2,32,38). The Morgan fingerprint density at radius 2 is 1.97 bits per heavy atom. The van der Waals surface area contributed by atoms with Crippen LogP contribution in [0.15, 0.2) is 73.1 Å². The molecule has 3 N–H and O–H groups in total. The first-order chi connectivity index (χ1) is 18.4. The molecular weight excluding hydrogens is 481 g/mol. The largest absolute Gasteiger partial charge is 0.366 e. The number of halogens is 1. The monoisotopic (exact) mass is 511 g/mol. The van der Waals surface area contributed by atoms with E-state index in [-0.39, 0.29) is 18.0 Å². The number of hydrogen-bond donors (Lipinski definition) is 2. The number of Topliss-reactive ketones (excluding diaryl/α,β-unsaturated/α-hetero) is 1. The van der Waals surface area contributed by atoms with Crippen LogP contribution in [0, 0.1) is 5.82 Å². The van der Waals surface area contributed by atoms with Gasteiger partial charge in [0.25, 0.3) is 0 Å². The van der Waals surface area contributed by atoms with Crippen LogP contribution in [0.2, 0.25) is 0 Å². The van der Waals surface area contributed by atoms with E-state index in [1.807, 2.05) is 24.3 Å². The molecule has 0 radical (unpaired) electrons. The lowest BCUT2D eigenvalue weighted by molar-refractivity contribution is 0.0964. The molecule has 2 heterocycles. The molecule has 7 nitrogen and oxygen atoms in total. The summed E-state index contributed by atoms with van der Waals surface area (Å²) in [5.41, 5.74) is 10.8. The van der Waals surface area contributed by atoms with Crippen LogP contribution in [0.5, 0.6) is 0 Å². The van der Waals surface area contributed by atoms with Crippen LogP contribution in [0.3, 0.4) is 0 Å². The second kappa shape index (κ2) is 10.7. The molecule has 1 unspecified atom stereocenters. The summed E-state index contributed by atoms with van der Waals surface area (Å²) in [6.45, 7) is 4.09. The normalized spacial score (nSPS) is 15.4. The highest BCUT2D eigenvalue weighted by Gasteiger charge is 2.29. The number of carbonyl (C=O) groups excluding carboxylic acids is 2. The second-order valence-corrected chi connectivity index (χ2v) is 9.61. The summed E-state index contributed by atoms with van der Waals surface area (Å²) < 4.78 is 17.2. The fraction of sp³-hybridized carbons (Fsp3) is 0.233.